The van der Waals surface area contributed by atoms with E-state index in [4.69, 9.17) is 9.97 Å². The fourth-order valence-corrected chi connectivity index (χ4v) is 7.03. The summed E-state index contributed by atoms with van der Waals surface area (Å²) in [6.45, 7) is 0. The molecule has 0 saturated heterocycles. The van der Waals surface area contributed by atoms with Crippen LogP contribution in [-0.4, -0.2) is 15.9 Å². The molecule has 162 valence electrons. The molecule has 4 fully saturated rings. The first-order valence-electron chi connectivity index (χ1n) is 11.9. The van der Waals surface area contributed by atoms with E-state index in [0.29, 0.717) is 16.8 Å². The molecule has 4 aliphatic carbocycles. The molecule has 0 radical (unpaired) electrons. The lowest BCUT2D eigenvalue weighted by Gasteiger charge is -2.57. The second-order valence-corrected chi connectivity index (χ2v) is 10.3. The smallest absolute Gasteiger partial charge is 0.256 e. The number of anilines is 1. The number of hydrogen-bond donors (Lipinski definition) is 1. The number of carbonyl (C=O) groups excluding carboxylic acids is 1. The molecule has 4 saturated carbocycles. The fraction of sp³-hybridized carbons (Fsp3) is 0.393. The second-order valence-electron chi connectivity index (χ2n) is 10.3. The number of hydrogen-bond acceptors (Lipinski definition) is 3. The lowest BCUT2D eigenvalue weighted by atomic mass is 9.48. The van der Waals surface area contributed by atoms with Crippen LogP contribution in [0, 0.1) is 23.2 Å². The second kappa shape index (κ2) is 7.84. The minimum absolute atomic E-state index is 0.126. The molecule has 3 aromatic rings. The van der Waals surface area contributed by atoms with Crippen molar-refractivity contribution in [3.8, 4) is 11.3 Å². The number of benzene rings is 2. The van der Waals surface area contributed by atoms with Gasteiger partial charge in [0, 0.05) is 11.1 Å². The van der Waals surface area contributed by atoms with Gasteiger partial charge in [0.25, 0.3) is 5.91 Å². The average Bonchev–Trinajstić information content (AvgIpc) is 2.80. The van der Waals surface area contributed by atoms with Gasteiger partial charge in [0.2, 0.25) is 0 Å². The molecule has 4 bridgehead atoms. The van der Waals surface area contributed by atoms with Gasteiger partial charge in [0.05, 0.1) is 17.6 Å². The molecule has 4 heteroatoms. The molecule has 0 spiro atoms. The van der Waals surface area contributed by atoms with E-state index in [1.165, 1.54) is 38.5 Å². The van der Waals surface area contributed by atoms with Crippen LogP contribution in [0.2, 0.25) is 0 Å². The summed E-state index contributed by atoms with van der Waals surface area (Å²) in [5, 5.41) is 3.08. The number of nitrogens with zero attached hydrogens (tertiary/aromatic N) is 2. The summed E-state index contributed by atoms with van der Waals surface area (Å²) in [6, 6.07) is 19.6. The normalized spacial score (nSPS) is 27.9. The van der Waals surface area contributed by atoms with Crippen LogP contribution >= 0.6 is 0 Å². The van der Waals surface area contributed by atoms with Crippen molar-refractivity contribution in [1.82, 2.24) is 9.97 Å². The van der Waals surface area contributed by atoms with Gasteiger partial charge in [-0.1, -0.05) is 48.5 Å². The van der Waals surface area contributed by atoms with Gasteiger partial charge in [-0.2, -0.15) is 0 Å². The minimum atomic E-state index is -0.126. The summed E-state index contributed by atoms with van der Waals surface area (Å²) in [7, 11) is 0. The van der Waals surface area contributed by atoms with Gasteiger partial charge >= 0.3 is 0 Å². The Labute approximate surface area is 189 Å². The van der Waals surface area contributed by atoms with E-state index in [2.05, 4.69) is 17.4 Å². The Kier molecular flexibility index (Phi) is 4.82. The molecular weight excluding hydrogens is 394 g/mol. The third-order valence-electron chi connectivity index (χ3n) is 7.89. The Balaban J connectivity index is 1.35. The number of rotatable bonds is 5. The van der Waals surface area contributed by atoms with Gasteiger partial charge in [-0.05, 0) is 80.2 Å². The first-order valence-corrected chi connectivity index (χ1v) is 11.9. The van der Waals surface area contributed by atoms with Crippen LogP contribution in [0.1, 0.15) is 54.6 Å². The van der Waals surface area contributed by atoms with Gasteiger partial charge in [-0.25, -0.2) is 9.97 Å². The maximum absolute atomic E-state index is 12.9. The minimum Gasteiger partial charge on any atom is -0.305 e. The number of carbonyl (C=O) groups is 1. The number of amides is 1. The molecule has 4 nitrogen and oxygen atoms in total. The first-order chi connectivity index (χ1) is 15.7. The lowest BCUT2D eigenvalue weighted by Crippen LogP contribution is -2.47. The maximum atomic E-state index is 12.9. The van der Waals surface area contributed by atoms with Gasteiger partial charge in [0.15, 0.2) is 5.82 Å². The largest absolute Gasteiger partial charge is 0.305 e. The monoisotopic (exact) mass is 423 g/mol. The Morgan fingerprint density at radius 3 is 2.09 bits per heavy atom. The van der Waals surface area contributed by atoms with E-state index in [9.17, 15) is 4.79 Å². The summed E-state index contributed by atoms with van der Waals surface area (Å²) in [5.41, 5.74) is 3.85. The van der Waals surface area contributed by atoms with Crippen LogP contribution in [0.15, 0.2) is 66.9 Å². The van der Waals surface area contributed by atoms with Gasteiger partial charge in [-0.15, -0.1) is 0 Å². The SMILES string of the molecule is O=C(Nc1ncc(-c2ccccc2)nc1CC12CC3CC(CC(C3)C1)C2)c1ccccc1. The van der Waals surface area contributed by atoms with Gasteiger partial charge < -0.3 is 5.32 Å². The standard InChI is InChI=1S/C28H29N3O/c32-27(23-9-5-2-6-10-23)31-26-24(30-25(18-29-26)22-7-3-1-4-8-22)17-28-14-19-11-20(15-28)13-21(12-19)16-28/h1-10,18-21H,11-17H2,(H,29,31,32). The molecule has 1 amide bonds. The lowest BCUT2D eigenvalue weighted by molar-refractivity contribution is -0.0526. The Morgan fingerprint density at radius 2 is 1.47 bits per heavy atom. The predicted octanol–water partition coefficient (Wildman–Crippen LogP) is 6.15. The molecule has 1 N–H and O–H groups in total. The van der Waals surface area contributed by atoms with Crippen molar-refractivity contribution in [1.29, 1.82) is 0 Å². The van der Waals surface area contributed by atoms with Gasteiger partial charge in [-0.3, -0.25) is 4.79 Å². The van der Waals surface area contributed by atoms with Crippen molar-refractivity contribution in [3.63, 3.8) is 0 Å². The Bertz CT molecular complexity index is 1090. The molecule has 0 aliphatic heterocycles. The molecule has 0 unspecified atom stereocenters. The molecule has 7 rings (SSSR count). The number of aromatic nitrogens is 2. The zero-order chi connectivity index (χ0) is 21.5. The van der Waals surface area contributed by atoms with Crippen molar-refractivity contribution in [3.05, 3.63) is 78.1 Å². The van der Waals surface area contributed by atoms with E-state index < -0.39 is 0 Å². The molecule has 0 atom stereocenters. The fourth-order valence-electron chi connectivity index (χ4n) is 7.03. The summed E-state index contributed by atoms with van der Waals surface area (Å²) >= 11 is 0. The quantitative estimate of drug-likeness (QED) is 0.535. The van der Waals surface area contributed by atoms with E-state index in [1.807, 2.05) is 48.5 Å². The molecule has 4 aliphatic rings. The molecule has 2 aromatic carbocycles. The average molecular weight is 424 g/mol. The Morgan fingerprint density at radius 1 is 0.875 bits per heavy atom. The topological polar surface area (TPSA) is 54.9 Å². The van der Waals surface area contributed by atoms with Crippen molar-refractivity contribution >= 4 is 11.7 Å². The van der Waals surface area contributed by atoms with Crippen LogP contribution in [-0.2, 0) is 6.42 Å². The highest BCUT2D eigenvalue weighted by molar-refractivity contribution is 6.04. The third-order valence-corrected chi connectivity index (χ3v) is 7.89. The Hall–Kier alpha value is -3.01. The molecular formula is C28H29N3O. The van der Waals surface area contributed by atoms with Crippen molar-refractivity contribution in [2.75, 3.05) is 5.32 Å². The van der Waals surface area contributed by atoms with E-state index in [1.54, 1.807) is 6.20 Å². The molecule has 1 heterocycles. The highest BCUT2D eigenvalue weighted by Gasteiger charge is 2.51. The van der Waals surface area contributed by atoms with Gasteiger partial charge in [0.1, 0.15) is 0 Å². The zero-order valence-electron chi connectivity index (χ0n) is 18.3. The van der Waals surface area contributed by atoms with Crippen molar-refractivity contribution < 1.29 is 4.79 Å². The van der Waals surface area contributed by atoms with E-state index >= 15 is 0 Å². The van der Waals surface area contributed by atoms with E-state index in [-0.39, 0.29) is 5.91 Å². The molecule has 1 aromatic heterocycles. The maximum Gasteiger partial charge on any atom is 0.256 e. The van der Waals surface area contributed by atoms with Crippen molar-refractivity contribution in [2.24, 2.45) is 23.2 Å². The van der Waals surface area contributed by atoms with Crippen LogP contribution in [0.3, 0.4) is 0 Å². The highest BCUT2D eigenvalue weighted by atomic mass is 16.1. The summed E-state index contributed by atoms with van der Waals surface area (Å²) in [6.07, 6.45) is 10.9. The van der Waals surface area contributed by atoms with Crippen molar-refractivity contribution in [2.45, 2.75) is 44.9 Å². The number of nitrogens with one attached hydrogen (secondary N) is 1. The van der Waals surface area contributed by atoms with Crippen LogP contribution in [0.4, 0.5) is 5.82 Å². The molecule has 32 heavy (non-hydrogen) atoms. The summed E-state index contributed by atoms with van der Waals surface area (Å²) in [4.78, 5) is 22.7. The van der Waals surface area contributed by atoms with E-state index in [0.717, 1.165) is 41.1 Å². The third kappa shape index (κ3) is 3.72. The zero-order valence-corrected chi connectivity index (χ0v) is 18.3. The predicted molar refractivity (Wildman–Crippen MR) is 126 cm³/mol. The highest BCUT2D eigenvalue weighted by Crippen LogP contribution is 2.61. The first kappa shape index (κ1) is 19.7. The summed E-state index contributed by atoms with van der Waals surface area (Å²) < 4.78 is 0. The summed E-state index contributed by atoms with van der Waals surface area (Å²) in [5.74, 6) is 3.14. The van der Waals surface area contributed by atoms with Crippen LogP contribution < -0.4 is 5.32 Å². The van der Waals surface area contributed by atoms with Crippen LogP contribution in [0.25, 0.3) is 11.3 Å². The van der Waals surface area contributed by atoms with Crippen LogP contribution in [0.5, 0.6) is 0 Å².